The van der Waals surface area contributed by atoms with Gasteiger partial charge in [-0.05, 0) is 31.9 Å². The van der Waals surface area contributed by atoms with E-state index in [4.69, 9.17) is 0 Å². The molecule has 0 aliphatic rings. The van der Waals surface area contributed by atoms with Crippen LogP contribution >= 0.6 is 0 Å². The van der Waals surface area contributed by atoms with Gasteiger partial charge in [0.25, 0.3) is 0 Å². The van der Waals surface area contributed by atoms with Crippen LogP contribution in [-0.4, -0.2) is 35.1 Å². The lowest BCUT2D eigenvalue weighted by molar-refractivity contribution is 0.292. The number of nitrogens with zero attached hydrogens (tertiary/aromatic N) is 1. The van der Waals surface area contributed by atoms with E-state index in [1.807, 2.05) is 0 Å². The molecular weight excluding hydrogens is 250 g/mol. The van der Waals surface area contributed by atoms with E-state index >= 15 is 0 Å². The monoisotopic (exact) mass is 285 g/mol. The quantitative estimate of drug-likeness (QED) is 0.711. The Bertz CT molecular complexity index is 307. The van der Waals surface area contributed by atoms with Crippen LogP contribution in [-0.2, 0) is 0 Å². The largest absolute Gasteiger partial charge is 0.315 e. The first-order valence-corrected chi connectivity index (χ1v) is 11.2. The summed E-state index contributed by atoms with van der Waals surface area (Å²) in [6.07, 6.45) is 0. The summed E-state index contributed by atoms with van der Waals surface area (Å²) in [4.78, 5) is 0. The summed E-state index contributed by atoms with van der Waals surface area (Å²) in [6.45, 7) is 24.0. The van der Waals surface area contributed by atoms with Gasteiger partial charge >= 0.3 is 0 Å². The Labute approximate surface area is 120 Å². The van der Waals surface area contributed by atoms with E-state index in [-0.39, 0.29) is 0 Å². The molecule has 0 saturated heterocycles. The Morgan fingerprint density at radius 3 is 1.67 bits per heavy atom. The lowest BCUT2D eigenvalue weighted by atomic mass is 10.1. The molecule has 0 N–H and O–H groups in total. The summed E-state index contributed by atoms with van der Waals surface area (Å²) in [7, 11) is -0.268. The van der Waals surface area contributed by atoms with Crippen molar-refractivity contribution < 1.29 is 0 Å². The molecule has 3 heteroatoms. The summed E-state index contributed by atoms with van der Waals surface area (Å²) >= 11 is 0. The first-order chi connectivity index (χ1) is 7.84. The third-order valence-electron chi connectivity index (χ3n) is 4.87. The molecule has 0 radical (unpaired) electrons. The van der Waals surface area contributed by atoms with Gasteiger partial charge in [-0.25, -0.2) is 0 Å². The van der Waals surface area contributed by atoms with Gasteiger partial charge in [0.2, 0.25) is 0 Å². The van der Waals surface area contributed by atoms with Crippen LogP contribution in [0.15, 0.2) is 10.8 Å². The van der Waals surface area contributed by atoms with Gasteiger partial charge < -0.3 is 4.57 Å². The van der Waals surface area contributed by atoms with Crippen LogP contribution in [0.2, 0.25) is 18.1 Å². The van der Waals surface area contributed by atoms with E-state index in [2.05, 4.69) is 73.0 Å². The second kappa shape index (κ2) is 6.06. The maximum absolute atomic E-state index is 2.82. The van der Waals surface area contributed by atoms with Crippen LogP contribution in [0, 0.1) is 0 Å². The van der Waals surface area contributed by atoms with Crippen LogP contribution in [0.3, 0.4) is 0 Å². The van der Waals surface area contributed by atoms with E-state index in [0.717, 1.165) is 0 Å². The van der Waals surface area contributed by atoms with Gasteiger partial charge in [0, 0.05) is 16.3 Å². The number of hydrogen-bond donors (Lipinski definition) is 0. The molecule has 1 atom stereocenters. The minimum atomic E-state index is -1.45. The third kappa shape index (κ3) is 3.81. The summed E-state index contributed by atoms with van der Waals surface area (Å²) in [6, 6.07) is 1.21. The van der Waals surface area contributed by atoms with Crippen LogP contribution in [0.1, 0.15) is 55.4 Å². The van der Waals surface area contributed by atoms with E-state index in [0.29, 0.717) is 17.1 Å². The highest BCUT2D eigenvalue weighted by Crippen LogP contribution is 2.41. The van der Waals surface area contributed by atoms with Gasteiger partial charge in [0.15, 0.2) is 0 Å². The average Bonchev–Trinajstić information content (AvgIpc) is 2.13. The van der Waals surface area contributed by atoms with Crippen LogP contribution < -0.4 is 0 Å². The van der Waals surface area contributed by atoms with Gasteiger partial charge in [0.1, 0.15) is 8.24 Å². The molecule has 0 aromatic rings. The molecule has 0 heterocycles. The molecule has 0 rings (SSSR count). The van der Waals surface area contributed by atoms with Crippen molar-refractivity contribution >= 4 is 18.5 Å². The Kier molecular flexibility index (Phi) is 6.10. The van der Waals surface area contributed by atoms with Crippen molar-refractivity contribution in [2.24, 2.45) is 0 Å². The zero-order chi connectivity index (χ0) is 14.9. The Balaban J connectivity index is 5.56. The summed E-state index contributed by atoms with van der Waals surface area (Å²) in [5.41, 5.74) is 1.60. The van der Waals surface area contributed by atoms with Crippen LogP contribution in [0.25, 0.3) is 0 Å². The fraction of sp³-hybridized carbons (Fsp3) is 0.867. The van der Waals surface area contributed by atoms with Crippen molar-refractivity contribution in [1.82, 2.24) is 4.57 Å². The van der Waals surface area contributed by atoms with Crippen molar-refractivity contribution in [2.45, 2.75) is 85.6 Å². The van der Waals surface area contributed by atoms with Gasteiger partial charge in [0.05, 0.1) is 0 Å². The maximum Gasteiger partial charge on any atom is 0.128 e. The van der Waals surface area contributed by atoms with Gasteiger partial charge in [-0.1, -0.05) is 58.5 Å². The zero-order valence-corrected chi connectivity index (χ0v) is 17.6. The molecule has 0 aliphatic carbocycles. The van der Waals surface area contributed by atoms with Gasteiger partial charge in [-0.3, -0.25) is 0 Å². The van der Waals surface area contributed by atoms with Crippen LogP contribution in [0.4, 0.5) is 0 Å². The fourth-order valence-corrected chi connectivity index (χ4v) is 6.24. The molecule has 108 valence electrons. The smallest absolute Gasteiger partial charge is 0.128 e. The molecule has 1 nitrogen and oxygen atoms in total. The van der Waals surface area contributed by atoms with Crippen molar-refractivity contribution in [1.29, 1.82) is 0 Å². The van der Waals surface area contributed by atoms with Gasteiger partial charge in [-0.15, -0.1) is 0 Å². The molecule has 0 spiro atoms. The first kappa shape index (κ1) is 18.1. The van der Waals surface area contributed by atoms with Gasteiger partial charge in [-0.2, -0.15) is 0 Å². The molecule has 0 aliphatic heterocycles. The van der Waals surface area contributed by atoms with E-state index < -0.39 is 8.24 Å². The lowest BCUT2D eigenvalue weighted by Crippen LogP contribution is -2.61. The SMILES string of the molecule is CC([SiH3])=C(C)C(C)N(C(C)C)[Si](C)(C)C(C)(C)C. The third-order valence-corrected chi connectivity index (χ3v) is 11.5. The molecule has 0 bridgehead atoms. The van der Waals surface area contributed by atoms with Crippen molar-refractivity contribution in [3.05, 3.63) is 10.8 Å². The molecule has 0 amide bonds. The summed E-state index contributed by atoms with van der Waals surface area (Å²) < 4.78 is 2.82. The molecule has 0 saturated carbocycles. The predicted molar refractivity (Wildman–Crippen MR) is 91.9 cm³/mol. The van der Waals surface area contributed by atoms with E-state index in [1.54, 1.807) is 10.8 Å². The average molecular weight is 286 g/mol. The zero-order valence-electron chi connectivity index (χ0n) is 14.6. The molecule has 0 fully saturated rings. The Morgan fingerprint density at radius 2 is 1.44 bits per heavy atom. The number of hydrogen-bond acceptors (Lipinski definition) is 1. The minimum Gasteiger partial charge on any atom is -0.315 e. The maximum atomic E-state index is 2.82. The topological polar surface area (TPSA) is 3.24 Å². The Morgan fingerprint density at radius 1 is 1.06 bits per heavy atom. The molecule has 0 aromatic heterocycles. The molecule has 0 aromatic carbocycles. The van der Waals surface area contributed by atoms with Crippen LogP contribution in [0.5, 0.6) is 0 Å². The van der Waals surface area contributed by atoms with Crippen molar-refractivity contribution in [2.75, 3.05) is 0 Å². The summed E-state index contributed by atoms with van der Waals surface area (Å²) in [5.74, 6) is 0. The second-order valence-corrected chi connectivity index (χ2v) is 14.3. The Hall–Kier alpha value is 0.134. The van der Waals surface area contributed by atoms with E-state index in [9.17, 15) is 0 Å². The highest BCUT2D eigenvalue weighted by Gasteiger charge is 2.44. The number of rotatable bonds is 4. The highest BCUT2D eigenvalue weighted by molar-refractivity contribution is 6.77. The first-order valence-electron chi connectivity index (χ1n) is 7.26. The fourth-order valence-electron chi connectivity index (χ4n) is 2.59. The normalized spacial score (nSPS) is 17.3. The summed E-state index contributed by atoms with van der Waals surface area (Å²) in [5, 5.41) is 2.01. The van der Waals surface area contributed by atoms with E-state index in [1.165, 1.54) is 10.2 Å². The minimum absolute atomic E-state index is 0.408. The predicted octanol–water partition coefficient (Wildman–Crippen LogP) is 3.75. The lowest BCUT2D eigenvalue weighted by Gasteiger charge is -2.51. The van der Waals surface area contributed by atoms with Crippen molar-refractivity contribution in [3.63, 3.8) is 0 Å². The highest BCUT2D eigenvalue weighted by atomic mass is 28.3. The number of allylic oxidation sites excluding steroid dienone is 1. The molecule has 1 unspecified atom stereocenters. The molecule has 18 heavy (non-hydrogen) atoms. The van der Waals surface area contributed by atoms with Crippen molar-refractivity contribution in [3.8, 4) is 0 Å². The standard InChI is InChI=1S/C15H35NSi2/c1-11(2)16(13(4)12(3)14(5)17)18(9,10)15(6,7)8/h11,13H,1-10,17H3. The molecular formula is C15H35NSi2. The second-order valence-electron chi connectivity index (χ2n) is 7.67.